The molecule has 4 rings (SSSR count). The molecule has 25 heavy (non-hydrogen) atoms. The summed E-state index contributed by atoms with van der Waals surface area (Å²) < 4.78 is 11.3. The van der Waals surface area contributed by atoms with Gasteiger partial charge in [-0.15, -0.1) is 0 Å². The molecule has 1 aliphatic heterocycles. The van der Waals surface area contributed by atoms with Gasteiger partial charge in [-0.2, -0.15) is 0 Å². The average molecular weight is 336 g/mol. The number of oxazole rings is 1. The van der Waals surface area contributed by atoms with Crippen LogP contribution in [-0.4, -0.2) is 28.6 Å². The van der Waals surface area contributed by atoms with Crippen LogP contribution in [0.5, 0.6) is 5.75 Å². The third-order valence-electron chi connectivity index (χ3n) is 4.48. The summed E-state index contributed by atoms with van der Waals surface area (Å²) in [6, 6.07) is 10.1. The maximum atomic E-state index is 6.06. The van der Waals surface area contributed by atoms with E-state index in [1.165, 1.54) is 0 Å². The first kappa shape index (κ1) is 15.6. The van der Waals surface area contributed by atoms with Crippen LogP contribution in [0.4, 0.5) is 5.82 Å². The lowest BCUT2D eigenvalue weighted by molar-refractivity contribution is 0.413. The predicted octanol–water partition coefficient (Wildman–Crippen LogP) is 3.41. The van der Waals surface area contributed by atoms with Crippen LogP contribution in [0, 0.1) is 0 Å². The van der Waals surface area contributed by atoms with Gasteiger partial charge >= 0.3 is 0 Å². The Labute approximate surface area is 146 Å². The molecular weight excluding hydrogens is 316 g/mol. The molecule has 3 aromatic rings. The molecule has 0 radical (unpaired) electrons. The Balaban J connectivity index is 1.52. The zero-order valence-electron chi connectivity index (χ0n) is 14.1. The Bertz CT molecular complexity index is 834. The van der Waals surface area contributed by atoms with Crippen LogP contribution in [0.25, 0.3) is 0 Å². The molecule has 0 bridgehead atoms. The van der Waals surface area contributed by atoms with Gasteiger partial charge in [-0.1, -0.05) is 12.1 Å². The third kappa shape index (κ3) is 3.33. The molecular formula is C19H20N4O2. The predicted molar refractivity (Wildman–Crippen MR) is 93.7 cm³/mol. The van der Waals surface area contributed by atoms with E-state index in [2.05, 4.69) is 25.9 Å². The fraction of sp³-hybridized carbons (Fsp3) is 0.316. The van der Waals surface area contributed by atoms with E-state index in [9.17, 15) is 0 Å². The summed E-state index contributed by atoms with van der Waals surface area (Å²) in [7, 11) is 1.67. The van der Waals surface area contributed by atoms with Crippen molar-refractivity contribution in [3.05, 3.63) is 66.3 Å². The number of aromatic nitrogens is 3. The summed E-state index contributed by atoms with van der Waals surface area (Å²) in [6.45, 7) is 0.954. The Hall–Kier alpha value is -2.89. The van der Waals surface area contributed by atoms with E-state index in [1.807, 2.05) is 30.5 Å². The van der Waals surface area contributed by atoms with Crippen molar-refractivity contribution in [1.82, 2.24) is 15.0 Å². The highest BCUT2D eigenvalue weighted by molar-refractivity contribution is 5.40. The minimum absolute atomic E-state index is 0.133. The van der Waals surface area contributed by atoms with Crippen LogP contribution in [-0.2, 0) is 6.42 Å². The highest BCUT2D eigenvalue weighted by Gasteiger charge is 2.30. The first-order valence-corrected chi connectivity index (χ1v) is 8.43. The molecule has 1 fully saturated rings. The maximum absolute atomic E-state index is 6.06. The zero-order valence-corrected chi connectivity index (χ0v) is 14.1. The number of benzene rings is 1. The molecule has 1 aromatic carbocycles. The van der Waals surface area contributed by atoms with Crippen LogP contribution in [0.15, 0.2) is 53.5 Å². The molecule has 2 aromatic heterocycles. The molecule has 1 atom stereocenters. The molecule has 1 unspecified atom stereocenters. The van der Waals surface area contributed by atoms with Crippen molar-refractivity contribution in [1.29, 1.82) is 0 Å². The fourth-order valence-electron chi connectivity index (χ4n) is 3.29. The van der Waals surface area contributed by atoms with E-state index in [0.717, 1.165) is 48.2 Å². The Kier molecular flexibility index (Phi) is 4.33. The Morgan fingerprint density at radius 1 is 1.28 bits per heavy atom. The van der Waals surface area contributed by atoms with Crippen LogP contribution in [0.1, 0.15) is 36.1 Å². The molecule has 0 saturated carbocycles. The molecule has 0 spiro atoms. The quantitative estimate of drug-likeness (QED) is 0.711. The van der Waals surface area contributed by atoms with E-state index in [4.69, 9.17) is 9.15 Å². The number of anilines is 1. The SMILES string of the molecule is COc1cccc(Cc2cnc(C3CCCN3c3ccncn3)o2)c1. The summed E-state index contributed by atoms with van der Waals surface area (Å²) in [5, 5.41) is 0. The number of hydrogen-bond acceptors (Lipinski definition) is 6. The van der Waals surface area contributed by atoms with Crippen molar-refractivity contribution in [2.45, 2.75) is 25.3 Å². The molecule has 0 amide bonds. The Morgan fingerprint density at radius 2 is 2.24 bits per heavy atom. The summed E-state index contributed by atoms with van der Waals surface area (Å²) >= 11 is 0. The summed E-state index contributed by atoms with van der Waals surface area (Å²) in [5.41, 5.74) is 1.14. The van der Waals surface area contributed by atoms with E-state index in [0.29, 0.717) is 6.42 Å². The summed E-state index contributed by atoms with van der Waals surface area (Å²) in [6.07, 6.45) is 7.98. The van der Waals surface area contributed by atoms with Crippen LogP contribution in [0.2, 0.25) is 0 Å². The average Bonchev–Trinajstić information content (AvgIpc) is 3.32. The van der Waals surface area contributed by atoms with E-state index < -0.39 is 0 Å². The van der Waals surface area contributed by atoms with Gasteiger partial charge in [-0.3, -0.25) is 0 Å². The van der Waals surface area contributed by atoms with Gasteiger partial charge in [0.15, 0.2) is 0 Å². The van der Waals surface area contributed by atoms with Crippen LogP contribution in [0.3, 0.4) is 0 Å². The summed E-state index contributed by atoms with van der Waals surface area (Å²) in [5.74, 6) is 3.39. The highest BCUT2D eigenvalue weighted by atomic mass is 16.5. The molecule has 6 heteroatoms. The van der Waals surface area contributed by atoms with Crippen LogP contribution < -0.4 is 9.64 Å². The number of hydrogen-bond donors (Lipinski definition) is 0. The van der Waals surface area contributed by atoms with E-state index >= 15 is 0 Å². The second-order valence-corrected chi connectivity index (χ2v) is 6.11. The fourth-order valence-corrected chi connectivity index (χ4v) is 3.29. The van der Waals surface area contributed by atoms with Gasteiger partial charge in [0.25, 0.3) is 0 Å². The van der Waals surface area contributed by atoms with Gasteiger partial charge in [0, 0.05) is 19.2 Å². The third-order valence-corrected chi connectivity index (χ3v) is 4.48. The maximum Gasteiger partial charge on any atom is 0.217 e. The highest BCUT2D eigenvalue weighted by Crippen LogP contribution is 2.34. The molecule has 0 N–H and O–H groups in total. The molecule has 6 nitrogen and oxygen atoms in total. The van der Waals surface area contributed by atoms with Gasteiger partial charge < -0.3 is 14.1 Å². The largest absolute Gasteiger partial charge is 0.497 e. The van der Waals surface area contributed by atoms with Gasteiger partial charge in [0.05, 0.1) is 13.3 Å². The van der Waals surface area contributed by atoms with Crippen molar-refractivity contribution in [2.24, 2.45) is 0 Å². The lowest BCUT2D eigenvalue weighted by Crippen LogP contribution is -2.23. The smallest absolute Gasteiger partial charge is 0.217 e. The minimum atomic E-state index is 0.133. The minimum Gasteiger partial charge on any atom is -0.497 e. The van der Waals surface area contributed by atoms with Gasteiger partial charge in [-0.05, 0) is 36.6 Å². The molecule has 0 aliphatic carbocycles. The molecule has 128 valence electrons. The lowest BCUT2D eigenvalue weighted by Gasteiger charge is -2.22. The second kappa shape index (κ2) is 6.93. The zero-order chi connectivity index (χ0) is 17.1. The van der Waals surface area contributed by atoms with E-state index in [-0.39, 0.29) is 6.04 Å². The van der Waals surface area contributed by atoms with Crippen molar-refractivity contribution >= 4 is 5.82 Å². The topological polar surface area (TPSA) is 64.3 Å². The van der Waals surface area contributed by atoms with E-state index in [1.54, 1.807) is 19.6 Å². The standard InChI is InChI=1S/C19H20N4O2/c1-24-15-5-2-4-14(10-15)11-16-12-21-19(25-16)17-6-3-9-23(17)18-7-8-20-13-22-18/h2,4-5,7-8,10,12-13,17H,3,6,9,11H2,1H3. The number of rotatable bonds is 5. The van der Waals surface area contributed by atoms with Gasteiger partial charge in [-0.25, -0.2) is 15.0 Å². The van der Waals surface area contributed by atoms with Gasteiger partial charge in [0.1, 0.15) is 29.7 Å². The lowest BCUT2D eigenvalue weighted by atomic mass is 10.1. The van der Waals surface area contributed by atoms with Crippen molar-refractivity contribution in [2.75, 3.05) is 18.6 Å². The number of methoxy groups -OCH3 is 1. The summed E-state index contributed by atoms with van der Waals surface area (Å²) in [4.78, 5) is 15.1. The van der Waals surface area contributed by atoms with Crippen LogP contribution >= 0.6 is 0 Å². The second-order valence-electron chi connectivity index (χ2n) is 6.11. The molecule has 3 heterocycles. The monoisotopic (exact) mass is 336 g/mol. The number of nitrogens with zero attached hydrogens (tertiary/aromatic N) is 4. The normalized spacial score (nSPS) is 17.0. The van der Waals surface area contributed by atoms with Crippen molar-refractivity contribution < 1.29 is 9.15 Å². The molecule has 1 saturated heterocycles. The number of ether oxygens (including phenoxy) is 1. The first-order valence-electron chi connectivity index (χ1n) is 8.43. The molecule has 1 aliphatic rings. The van der Waals surface area contributed by atoms with Crippen molar-refractivity contribution in [3.63, 3.8) is 0 Å². The van der Waals surface area contributed by atoms with Gasteiger partial charge in [0.2, 0.25) is 5.89 Å². The Morgan fingerprint density at radius 3 is 3.08 bits per heavy atom. The van der Waals surface area contributed by atoms with Crippen molar-refractivity contribution in [3.8, 4) is 5.75 Å². The first-order chi connectivity index (χ1) is 12.3.